The average molecular weight is 200 g/mol. The van der Waals surface area contributed by atoms with Gasteiger partial charge in [-0.05, 0) is 18.1 Å². The maximum absolute atomic E-state index is 9.15. The predicted molar refractivity (Wildman–Crippen MR) is 58.0 cm³/mol. The van der Waals surface area contributed by atoms with E-state index < -0.39 is 14.4 Å². The molecule has 1 atom stereocenters. The smallest absolute Gasteiger partial charge is 0.192 e. The Morgan fingerprint density at radius 2 is 1.92 bits per heavy atom. The third-order valence-corrected chi connectivity index (χ3v) is 7.10. The normalized spacial score (nSPS) is 15.2. The van der Waals surface area contributed by atoms with Crippen molar-refractivity contribution >= 4 is 8.32 Å². The molecule has 76 valence electrons. The fraction of sp³-hybridized carbons (Fsp3) is 0.800. The summed E-state index contributed by atoms with van der Waals surface area (Å²) >= 11 is 0. The third kappa shape index (κ3) is 3.95. The summed E-state index contributed by atoms with van der Waals surface area (Å²) in [6.45, 7) is 11.0. The second-order valence-corrected chi connectivity index (χ2v) is 9.56. The van der Waals surface area contributed by atoms with Crippen LogP contribution in [0.1, 0.15) is 20.8 Å². The second kappa shape index (κ2) is 4.27. The van der Waals surface area contributed by atoms with Crippen LogP contribution in [0.25, 0.3) is 0 Å². The maximum atomic E-state index is 9.15. The molecule has 0 aromatic heterocycles. The summed E-state index contributed by atoms with van der Waals surface area (Å²) in [7, 11) is -1.74. The van der Waals surface area contributed by atoms with Crippen molar-refractivity contribution in [3.8, 4) is 12.3 Å². The molecule has 0 aliphatic rings. The summed E-state index contributed by atoms with van der Waals surface area (Å²) in [5.41, 5.74) is 0. The molecule has 13 heavy (non-hydrogen) atoms. The van der Waals surface area contributed by atoms with Gasteiger partial charge < -0.3 is 9.53 Å². The summed E-state index contributed by atoms with van der Waals surface area (Å²) in [6.07, 6.45) is 4.28. The standard InChI is InChI=1S/C10H20O2Si/c1-7-9(11)8-12-13(5,6)10(2,3)4/h1,9,11H,8H2,2-6H3/t9-/m0/s1. The molecule has 0 rings (SSSR count). The number of terminal acetylenes is 1. The van der Waals surface area contributed by atoms with Gasteiger partial charge in [0, 0.05) is 0 Å². The first-order valence-electron chi connectivity index (χ1n) is 4.49. The van der Waals surface area contributed by atoms with Gasteiger partial charge in [0.1, 0.15) is 6.10 Å². The second-order valence-electron chi connectivity index (χ2n) is 4.75. The summed E-state index contributed by atoms with van der Waals surface area (Å²) in [4.78, 5) is 0. The molecule has 0 aliphatic heterocycles. The summed E-state index contributed by atoms with van der Waals surface area (Å²) < 4.78 is 5.69. The zero-order valence-electron chi connectivity index (χ0n) is 9.22. The van der Waals surface area contributed by atoms with Gasteiger partial charge in [0.05, 0.1) is 6.61 Å². The highest BCUT2D eigenvalue weighted by Gasteiger charge is 2.37. The first-order chi connectivity index (χ1) is 5.70. The van der Waals surface area contributed by atoms with E-state index in [1.807, 2.05) is 0 Å². The van der Waals surface area contributed by atoms with Crippen molar-refractivity contribution in [2.45, 2.75) is 45.0 Å². The summed E-state index contributed by atoms with van der Waals surface area (Å²) in [6, 6.07) is 0. The van der Waals surface area contributed by atoms with Crippen LogP contribution in [-0.2, 0) is 4.43 Å². The van der Waals surface area contributed by atoms with Crippen molar-refractivity contribution in [3.63, 3.8) is 0 Å². The van der Waals surface area contributed by atoms with Gasteiger partial charge in [-0.2, -0.15) is 0 Å². The van der Waals surface area contributed by atoms with Gasteiger partial charge in [0.25, 0.3) is 0 Å². The molecule has 0 aromatic carbocycles. The first-order valence-corrected chi connectivity index (χ1v) is 7.39. The molecule has 1 N–H and O–H groups in total. The highest BCUT2D eigenvalue weighted by Crippen LogP contribution is 2.36. The van der Waals surface area contributed by atoms with Crippen molar-refractivity contribution in [2.24, 2.45) is 0 Å². The van der Waals surface area contributed by atoms with Gasteiger partial charge >= 0.3 is 0 Å². The Morgan fingerprint density at radius 3 is 2.23 bits per heavy atom. The van der Waals surface area contributed by atoms with Crippen molar-refractivity contribution in [3.05, 3.63) is 0 Å². The van der Waals surface area contributed by atoms with Gasteiger partial charge in [-0.25, -0.2) is 0 Å². The van der Waals surface area contributed by atoms with E-state index in [9.17, 15) is 0 Å². The number of aliphatic hydroxyl groups is 1. The highest BCUT2D eigenvalue weighted by atomic mass is 28.4. The lowest BCUT2D eigenvalue weighted by molar-refractivity contribution is 0.142. The van der Waals surface area contributed by atoms with Crippen molar-refractivity contribution in [1.29, 1.82) is 0 Å². The van der Waals surface area contributed by atoms with Crippen molar-refractivity contribution < 1.29 is 9.53 Å². The molecule has 0 bridgehead atoms. The fourth-order valence-corrected chi connectivity index (χ4v) is 1.56. The molecular weight excluding hydrogens is 180 g/mol. The monoisotopic (exact) mass is 200 g/mol. The number of hydrogen-bond donors (Lipinski definition) is 1. The molecule has 0 amide bonds. The molecule has 2 nitrogen and oxygen atoms in total. The van der Waals surface area contributed by atoms with Crippen LogP contribution in [0.15, 0.2) is 0 Å². The number of hydrogen-bond acceptors (Lipinski definition) is 2. The predicted octanol–water partition coefficient (Wildman–Crippen LogP) is 2.00. The topological polar surface area (TPSA) is 29.5 Å². The number of aliphatic hydroxyl groups excluding tert-OH is 1. The Balaban J connectivity index is 4.14. The van der Waals surface area contributed by atoms with Crippen LogP contribution in [0.5, 0.6) is 0 Å². The van der Waals surface area contributed by atoms with E-state index in [0.29, 0.717) is 0 Å². The quantitative estimate of drug-likeness (QED) is 0.558. The van der Waals surface area contributed by atoms with Crippen LogP contribution < -0.4 is 0 Å². The lowest BCUT2D eigenvalue weighted by Crippen LogP contribution is -2.42. The SMILES string of the molecule is C#C[C@H](O)CO[Si](C)(C)C(C)(C)C. The third-order valence-electron chi connectivity index (χ3n) is 2.60. The van der Waals surface area contributed by atoms with Crippen LogP contribution >= 0.6 is 0 Å². The minimum Gasteiger partial charge on any atom is -0.413 e. The van der Waals surface area contributed by atoms with Gasteiger partial charge in [-0.15, -0.1) is 6.42 Å². The van der Waals surface area contributed by atoms with Crippen molar-refractivity contribution in [2.75, 3.05) is 6.61 Å². The van der Waals surface area contributed by atoms with E-state index in [-0.39, 0.29) is 11.6 Å². The molecular formula is C10H20O2Si. The zero-order chi connectivity index (χ0) is 10.7. The van der Waals surface area contributed by atoms with E-state index >= 15 is 0 Å². The Labute approximate surface area is 82.4 Å². The molecule has 0 aromatic rings. The molecule has 0 unspecified atom stereocenters. The molecule has 0 saturated carbocycles. The fourth-order valence-electron chi connectivity index (χ4n) is 0.552. The van der Waals surface area contributed by atoms with Crippen LogP contribution in [0, 0.1) is 12.3 Å². The van der Waals surface area contributed by atoms with Crippen LogP contribution in [0.4, 0.5) is 0 Å². The average Bonchev–Trinajstić information content (AvgIpc) is 1.98. The van der Waals surface area contributed by atoms with Crippen LogP contribution in [0.3, 0.4) is 0 Å². The minimum atomic E-state index is -1.74. The maximum Gasteiger partial charge on any atom is 0.192 e. The van der Waals surface area contributed by atoms with E-state index in [2.05, 4.69) is 39.8 Å². The van der Waals surface area contributed by atoms with E-state index in [0.717, 1.165) is 0 Å². The minimum absolute atomic E-state index is 0.168. The summed E-state index contributed by atoms with van der Waals surface area (Å²) in [5.74, 6) is 2.24. The largest absolute Gasteiger partial charge is 0.413 e. The summed E-state index contributed by atoms with van der Waals surface area (Å²) in [5, 5.41) is 9.32. The molecule has 0 radical (unpaired) electrons. The van der Waals surface area contributed by atoms with Gasteiger partial charge in [-0.3, -0.25) is 0 Å². The van der Waals surface area contributed by atoms with E-state index in [1.165, 1.54) is 0 Å². The molecule has 0 aliphatic carbocycles. The Hall–Kier alpha value is -0.303. The van der Waals surface area contributed by atoms with Gasteiger partial charge in [0.2, 0.25) is 0 Å². The molecule has 3 heteroatoms. The van der Waals surface area contributed by atoms with E-state index in [4.69, 9.17) is 16.0 Å². The lowest BCUT2D eigenvalue weighted by Gasteiger charge is -2.36. The number of rotatable bonds is 3. The Bertz CT molecular complexity index is 198. The van der Waals surface area contributed by atoms with Gasteiger partial charge in [0.15, 0.2) is 8.32 Å². The Kier molecular flexibility index (Phi) is 4.17. The molecule has 0 heterocycles. The molecule has 0 spiro atoms. The lowest BCUT2D eigenvalue weighted by atomic mass is 10.2. The zero-order valence-corrected chi connectivity index (χ0v) is 10.2. The van der Waals surface area contributed by atoms with Gasteiger partial charge in [-0.1, -0.05) is 26.7 Å². The Morgan fingerprint density at radius 1 is 1.46 bits per heavy atom. The van der Waals surface area contributed by atoms with Crippen LogP contribution in [0.2, 0.25) is 18.1 Å². The first kappa shape index (κ1) is 12.7. The van der Waals surface area contributed by atoms with Crippen LogP contribution in [-0.4, -0.2) is 26.1 Å². The highest BCUT2D eigenvalue weighted by molar-refractivity contribution is 6.74. The molecule has 0 fully saturated rings. The van der Waals surface area contributed by atoms with Crippen molar-refractivity contribution in [1.82, 2.24) is 0 Å². The molecule has 0 saturated heterocycles. The van der Waals surface area contributed by atoms with E-state index in [1.54, 1.807) is 0 Å².